The number of carbonyl (C=O) groups is 1. The van der Waals surface area contributed by atoms with Crippen LogP contribution in [0.5, 0.6) is 0 Å². The Hall–Kier alpha value is -2.14. The summed E-state index contributed by atoms with van der Waals surface area (Å²) in [5, 5.41) is 0.568. The van der Waals surface area contributed by atoms with E-state index in [1.54, 1.807) is 10.6 Å². The van der Waals surface area contributed by atoms with Crippen molar-refractivity contribution >= 4 is 18.0 Å². The van der Waals surface area contributed by atoms with Crippen LogP contribution in [0, 0.1) is 0 Å². The molecule has 0 spiro atoms. The van der Waals surface area contributed by atoms with Gasteiger partial charge in [-0.1, -0.05) is 56.0 Å². The van der Waals surface area contributed by atoms with Gasteiger partial charge in [0.15, 0.2) is 5.16 Å². The molecule has 0 bridgehead atoms. The van der Waals surface area contributed by atoms with Gasteiger partial charge < -0.3 is 4.79 Å². The molecule has 124 valence electrons. The van der Waals surface area contributed by atoms with E-state index in [-0.39, 0.29) is 16.7 Å². The van der Waals surface area contributed by atoms with E-state index in [2.05, 4.69) is 26.5 Å². The van der Waals surface area contributed by atoms with E-state index in [0.717, 1.165) is 29.5 Å². The minimum atomic E-state index is -0.287. The van der Waals surface area contributed by atoms with Gasteiger partial charge in [0, 0.05) is 23.1 Å². The molecule has 3 rings (SSSR count). The first-order valence-electron chi connectivity index (χ1n) is 7.90. The zero-order chi connectivity index (χ0) is 17.3. The minimum absolute atomic E-state index is 0.0344. The van der Waals surface area contributed by atoms with Crippen LogP contribution in [-0.4, -0.2) is 21.6 Å². The lowest BCUT2D eigenvalue weighted by Crippen LogP contribution is -2.38. The van der Waals surface area contributed by atoms with E-state index in [1.807, 2.05) is 18.2 Å². The summed E-state index contributed by atoms with van der Waals surface area (Å²) < 4.78 is 1.62. The lowest BCUT2D eigenvalue weighted by atomic mass is 9.72. The third-order valence-corrected chi connectivity index (χ3v) is 5.18. The predicted molar refractivity (Wildman–Crippen MR) is 97.6 cm³/mol. The molecule has 0 unspecified atom stereocenters. The maximum atomic E-state index is 13.2. The largest absolute Gasteiger partial charge is 0.302 e. The van der Waals surface area contributed by atoms with Crippen molar-refractivity contribution < 1.29 is 4.79 Å². The highest BCUT2D eigenvalue weighted by molar-refractivity contribution is 7.99. The van der Waals surface area contributed by atoms with Gasteiger partial charge in [-0.2, -0.15) is 0 Å². The second-order valence-electron chi connectivity index (χ2n) is 6.52. The number of allylic oxidation sites excluding steroid dienone is 1. The van der Waals surface area contributed by atoms with Gasteiger partial charge in [0.1, 0.15) is 6.29 Å². The number of rotatable bonds is 5. The van der Waals surface area contributed by atoms with E-state index in [9.17, 15) is 9.59 Å². The molecule has 5 heteroatoms. The van der Waals surface area contributed by atoms with Crippen LogP contribution in [0.1, 0.15) is 25.0 Å². The Bertz CT molecular complexity index is 868. The third kappa shape index (κ3) is 2.73. The molecule has 0 amide bonds. The predicted octanol–water partition coefficient (Wildman–Crippen LogP) is 3.22. The zero-order valence-corrected chi connectivity index (χ0v) is 14.7. The fourth-order valence-electron chi connectivity index (χ4n) is 3.32. The Labute approximate surface area is 145 Å². The Morgan fingerprint density at radius 1 is 1.38 bits per heavy atom. The van der Waals surface area contributed by atoms with Gasteiger partial charge in [-0.3, -0.25) is 9.36 Å². The normalized spacial score (nSPS) is 14.6. The van der Waals surface area contributed by atoms with E-state index in [1.165, 1.54) is 17.3 Å². The quantitative estimate of drug-likeness (QED) is 0.363. The maximum Gasteiger partial charge on any atom is 0.258 e. The number of carbonyl (C=O) groups excluding carboxylic acids is 1. The lowest BCUT2D eigenvalue weighted by molar-refractivity contribution is -0.105. The molecular formula is C19H20N2O2S. The third-order valence-electron chi connectivity index (χ3n) is 4.31. The average molecular weight is 340 g/mol. The first-order chi connectivity index (χ1) is 11.5. The molecule has 0 atom stereocenters. The summed E-state index contributed by atoms with van der Waals surface area (Å²) in [4.78, 5) is 28.7. The highest BCUT2D eigenvalue weighted by Gasteiger charge is 2.35. The van der Waals surface area contributed by atoms with E-state index >= 15 is 0 Å². The van der Waals surface area contributed by atoms with Crippen LogP contribution in [-0.2, 0) is 23.2 Å². The van der Waals surface area contributed by atoms with Crippen molar-refractivity contribution in [2.24, 2.45) is 0 Å². The molecule has 0 saturated heterocycles. The number of benzene rings is 1. The van der Waals surface area contributed by atoms with Crippen molar-refractivity contribution in [2.45, 2.75) is 37.4 Å². The standard InChI is InChI=1S/C19H20N2O2S/c1-4-9-21-17(23)15-16(20-18(21)24-11-10-22)14-8-6-5-7-13(14)12-19(15,2)3/h4-8,10H,1,9,11-12H2,2-3H3. The zero-order valence-electron chi connectivity index (χ0n) is 13.9. The van der Waals surface area contributed by atoms with Crippen molar-refractivity contribution in [3.05, 3.63) is 58.4 Å². The fraction of sp³-hybridized carbons (Fsp3) is 0.316. The highest BCUT2D eigenvalue weighted by Crippen LogP contribution is 2.40. The number of thioether (sulfide) groups is 1. The highest BCUT2D eigenvalue weighted by atomic mass is 32.2. The molecule has 0 N–H and O–H groups in total. The van der Waals surface area contributed by atoms with Gasteiger partial charge in [0.05, 0.1) is 11.4 Å². The monoisotopic (exact) mass is 340 g/mol. The van der Waals surface area contributed by atoms with Gasteiger partial charge in [0.25, 0.3) is 5.56 Å². The molecule has 0 aliphatic heterocycles. The maximum absolute atomic E-state index is 13.2. The molecule has 0 radical (unpaired) electrons. The smallest absolute Gasteiger partial charge is 0.258 e. The van der Waals surface area contributed by atoms with Crippen molar-refractivity contribution in [2.75, 3.05) is 5.75 Å². The number of hydrogen-bond donors (Lipinski definition) is 0. The molecule has 1 heterocycles. The van der Waals surface area contributed by atoms with Crippen molar-refractivity contribution in [1.82, 2.24) is 9.55 Å². The summed E-state index contributed by atoms with van der Waals surface area (Å²) in [6.07, 6.45) is 3.32. The Kier molecular flexibility index (Phi) is 4.45. The van der Waals surface area contributed by atoms with E-state index < -0.39 is 0 Å². The summed E-state index contributed by atoms with van der Waals surface area (Å²) in [6.45, 7) is 8.29. The Morgan fingerprint density at radius 3 is 2.83 bits per heavy atom. The summed E-state index contributed by atoms with van der Waals surface area (Å²) in [6, 6.07) is 8.09. The van der Waals surface area contributed by atoms with E-state index in [0.29, 0.717) is 11.7 Å². The van der Waals surface area contributed by atoms with Crippen LogP contribution >= 0.6 is 11.8 Å². The molecule has 1 aliphatic carbocycles. The van der Waals surface area contributed by atoms with Gasteiger partial charge in [-0.05, 0) is 12.0 Å². The van der Waals surface area contributed by atoms with Crippen molar-refractivity contribution in [3.63, 3.8) is 0 Å². The second-order valence-corrected chi connectivity index (χ2v) is 7.51. The number of fused-ring (bicyclic) bond motifs is 3. The second kappa shape index (κ2) is 6.40. The van der Waals surface area contributed by atoms with Crippen molar-refractivity contribution in [3.8, 4) is 11.3 Å². The Balaban J connectivity index is 2.32. The molecule has 4 nitrogen and oxygen atoms in total. The van der Waals surface area contributed by atoms with E-state index in [4.69, 9.17) is 4.98 Å². The summed E-state index contributed by atoms with van der Waals surface area (Å²) in [5.74, 6) is 0.271. The fourth-order valence-corrected chi connectivity index (χ4v) is 4.00. The summed E-state index contributed by atoms with van der Waals surface area (Å²) >= 11 is 1.28. The van der Waals surface area contributed by atoms with Crippen LogP contribution in [0.4, 0.5) is 0 Å². The molecule has 1 aliphatic rings. The first kappa shape index (κ1) is 16.7. The molecule has 2 aromatic rings. The molecule has 0 fully saturated rings. The minimum Gasteiger partial charge on any atom is -0.302 e. The van der Waals surface area contributed by atoms with Crippen LogP contribution in [0.3, 0.4) is 0 Å². The topological polar surface area (TPSA) is 52.0 Å². The molecular weight excluding hydrogens is 320 g/mol. The number of aromatic nitrogens is 2. The number of aldehydes is 1. The van der Waals surface area contributed by atoms with Crippen LogP contribution in [0.25, 0.3) is 11.3 Å². The van der Waals surface area contributed by atoms with Gasteiger partial charge in [-0.15, -0.1) is 6.58 Å². The van der Waals surface area contributed by atoms with Crippen LogP contribution < -0.4 is 5.56 Å². The number of nitrogens with zero attached hydrogens (tertiary/aromatic N) is 2. The van der Waals surface area contributed by atoms with Crippen molar-refractivity contribution in [1.29, 1.82) is 0 Å². The lowest BCUT2D eigenvalue weighted by Gasteiger charge is -2.33. The first-order valence-corrected chi connectivity index (χ1v) is 8.89. The summed E-state index contributed by atoms with van der Waals surface area (Å²) in [5.41, 5.74) is 3.40. The molecule has 24 heavy (non-hydrogen) atoms. The average Bonchev–Trinajstić information content (AvgIpc) is 2.54. The van der Waals surface area contributed by atoms with Crippen LogP contribution in [0.2, 0.25) is 0 Å². The molecule has 0 saturated carbocycles. The SMILES string of the molecule is C=CCn1c(SCC=O)nc2c(c1=O)C(C)(C)Cc1ccccc1-2. The number of hydrogen-bond acceptors (Lipinski definition) is 4. The van der Waals surface area contributed by atoms with Gasteiger partial charge in [0.2, 0.25) is 0 Å². The van der Waals surface area contributed by atoms with Gasteiger partial charge in [-0.25, -0.2) is 4.98 Å². The van der Waals surface area contributed by atoms with Crippen LogP contribution in [0.15, 0.2) is 46.9 Å². The summed E-state index contributed by atoms with van der Waals surface area (Å²) in [7, 11) is 0. The van der Waals surface area contributed by atoms with Gasteiger partial charge >= 0.3 is 0 Å². The Morgan fingerprint density at radius 2 is 2.12 bits per heavy atom. The molecule has 1 aromatic heterocycles. The molecule has 1 aromatic carbocycles.